The summed E-state index contributed by atoms with van der Waals surface area (Å²) in [5.41, 5.74) is 8.51. The largest absolute Gasteiger partial charge is 0.480 e. The molecule has 4 rings (SSSR count). The number of nitrogens with one attached hydrogen (secondary N) is 3. The Morgan fingerprint density at radius 2 is 1.63 bits per heavy atom. The minimum Gasteiger partial charge on any atom is -0.480 e. The second kappa shape index (κ2) is 17.2. The maximum absolute atomic E-state index is 13.8. The molecule has 2 heterocycles. The Morgan fingerprint density at radius 1 is 0.959 bits per heavy atom. The Balaban J connectivity index is 1.23. The third kappa shape index (κ3) is 9.53. The van der Waals surface area contributed by atoms with Gasteiger partial charge in [0.25, 0.3) is 5.91 Å². The summed E-state index contributed by atoms with van der Waals surface area (Å²) in [6, 6.07) is 14.6. The molecular formula is C34H43N5O9S. The van der Waals surface area contributed by atoms with Crippen molar-refractivity contribution in [3.05, 3.63) is 78.6 Å². The number of H-pyrrole nitrogens is 1. The molecule has 0 aliphatic carbocycles. The molecule has 0 unspecified atom stereocenters. The third-order valence-corrected chi connectivity index (χ3v) is 11.3. The van der Waals surface area contributed by atoms with E-state index in [2.05, 4.69) is 10.3 Å². The molecule has 264 valence electrons. The first-order valence-corrected chi connectivity index (χ1v) is 17.6. The number of rotatable bonds is 18. The monoisotopic (exact) mass is 697 g/mol. The molecule has 1 fully saturated rings. The number of carboxylic acids is 1. The smallest absolute Gasteiger partial charge is 0.321 e. The summed E-state index contributed by atoms with van der Waals surface area (Å²) in [7, 11) is -4.31. The standard InChI is InChI=1S/C34H43N5O9S/c35-29(10-6-1-3-7-25(40)23-37-30(32(42)43)21-24-15-18-36-22-24)31(41)39-19-16-34(17-20-39,33(44)38-45)49(46,47)28-13-11-27(12-14-28)48-26-8-4-2-5-9-26/h2,4-5,8-9,11-15,18,22,29-30,36-37,45H,1,3,6-7,10,16-17,19-21,23,35H2,(H,38,44)(H,42,43)/t29-,30-/m0/s1. The maximum Gasteiger partial charge on any atom is 0.321 e. The number of benzene rings is 2. The molecule has 2 aromatic carbocycles. The number of para-hydroxylation sites is 1. The van der Waals surface area contributed by atoms with E-state index in [0.29, 0.717) is 37.2 Å². The zero-order valence-electron chi connectivity index (χ0n) is 27.0. The molecular weight excluding hydrogens is 654 g/mol. The van der Waals surface area contributed by atoms with Crippen molar-refractivity contribution in [3.8, 4) is 11.5 Å². The summed E-state index contributed by atoms with van der Waals surface area (Å²) in [6.45, 7) is -0.178. The van der Waals surface area contributed by atoms with Gasteiger partial charge in [0.2, 0.25) is 5.91 Å². The van der Waals surface area contributed by atoms with Crippen molar-refractivity contribution in [1.82, 2.24) is 20.7 Å². The van der Waals surface area contributed by atoms with Gasteiger partial charge in [0.05, 0.1) is 17.5 Å². The SMILES string of the molecule is N[C@@H](CCCCCC(=O)CN[C@@H](Cc1cc[nH]c1)C(=O)O)C(=O)N1CCC(C(=O)NO)(S(=O)(=O)c2ccc(Oc3ccccc3)cc2)CC1. The molecule has 0 bridgehead atoms. The van der Waals surface area contributed by atoms with E-state index in [9.17, 15) is 37.9 Å². The number of hydroxylamine groups is 1. The first-order valence-electron chi connectivity index (χ1n) is 16.1. The van der Waals surface area contributed by atoms with E-state index in [1.807, 2.05) is 6.07 Å². The van der Waals surface area contributed by atoms with Crippen LogP contribution in [0.25, 0.3) is 0 Å². The first-order chi connectivity index (χ1) is 23.5. The molecule has 7 N–H and O–H groups in total. The van der Waals surface area contributed by atoms with Gasteiger partial charge in [0.1, 0.15) is 23.3 Å². The van der Waals surface area contributed by atoms with Gasteiger partial charge in [-0.2, -0.15) is 0 Å². The molecule has 14 nitrogen and oxygen atoms in total. The topological polar surface area (TPSA) is 221 Å². The predicted molar refractivity (Wildman–Crippen MR) is 179 cm³/mol. The van der Waals surface area contributed by atoms with Crippen LogP contribution in [0.1, 0.15) is 50.5 Å². The number of carbonyl (C=O) groups is 4. The minimum atomic E-state index is -4.31. The van der Waals surface area contributed by atoms with E-state index in [0.717, 1.165) is 5.56 Å². The normalized spacial score (nSPS) is 15.6. The Kier molecular flexibility index (Phi) is 13.1. The number of aromatic amines is 1. The fourth-order valence-corrected chi connectivity index (χ4v) is 7.81. The molecule has 0 radical (unpaired) electrons. The second-order valence-corrected chi connectivity index (χ2v) is 14.3. The zero-order chi connectivity index (χ0) is 35.4. The van der Waals surface area contributed by atoms with Crippen molar-refractivity contribution in [1.29, 1.82) is 0 Å². The number of likely N-dealkylation sites (tertiary alicyclic amines) is 1. The van der Waals surface area contributed by atoms with Crippen molar-refractivity contribution in [2.45, 2.75) is 73.1 Å². The quantitative estimate of drug-likeness (QED) is 0.0644. The number of aromatic nitrogens is 1. The average molecular weight is 698 g/mol. The van der Waals surface area contributed by atoms with Crippen molar-refractivity contribution < 1.29 is 42.6 Å². The van der Waals surface area contributed by atoms with Crippen LogP contribution in [0.15, 0.2) is 78.0 Å². The molecule has 0 saturated carbocycles. The van der Waals surface area contributed by atoms with Gasteiger partial charge in [-0.1, -0.05) is 31.0 Å². The van der Waals surface area contributed by atoms with Gasteiger partial charge >= 0.3 is 5.97 Å². The number of nitrogens with zero attached hydrogens (tertiary/aromatic N) is 1. The van der Waals surface area contributed by atoms with Crippen LogP contribution in [0.2, 0.25) is 0 Å². The number of piperidine rings is 1. The number of nitrogens with two attached hydrogens (primary N) is 1. The highest BCUT2D eigenvalue weighted by molar-refractivity contribution is 7.93. The number of carbonyl (C=O) groups excluding carboxylic acids is 3. The Morgan fingerprint density at radius 3 is 2.24 bits per heavy atom. The fraction of sp³-hybridized carbons (Fsp3) is 0.412. The molecule has 2 amide bonds. The number of aliphatic carboxylic acids is 1. The number of carboxylic acid groups (broad SMARTS) is 1. The minimum absolute atomic E-state index is 0.0582. The number of amides is 2. The van der Waals surface area contributed by atoms with Crippen molar-refractivity contribution >= 4 is 33.4 Å². The summed E-state index contributed by atoms with van der Waals surface area (Å²) >= 11 is 0. The lowest BCUT2D eigenvalue weighted by molar-refractivity contribution is -0.139. The Bertz CT molecular complexity index is 1660. The van der Waals surface area contributed by atoms with Gasteiger partial charge < -0.3 is 25.5 Å². The lowest BCUT2D eigenvalue weighted by atomic mass is 9.94. The lowest BCUT2D eigenvalue weighted by Gasteiger charge is -2.40. The van der Waals surface area contributed by atoms with Gasteiger partial charge in [0.15, 0.2) is 14.6 Å². The summed E-state index contributed by atoms with van der Waals surface area (Å²) in [6.07, 6.45) is 5.52. The van der Waals surface area contributed by atoms with E-state index < -0.39 is 38.5 Å². The molecule has 1 aliphatic rings. The third-order valence-electron chi connectivity index (χ3n) is 8.76. The molecule has 1 aliphatic heterocycles. The van der Waals surface area contributed by atoms with E-state index >= 15 is 0 Å². The predicted octanol–water partition coefficient (Wildman–Crippen LogP) is 2.58. The molecule has 1 saturated heterocycles. The second-order valence-electron chi connectivity index (χ2n) is 12.1. The summed E-state index contributed by atoms with van der Waals surface area (Å²) in [4.78, 5) is 54.0. The number of ketones is 1. The summed E-state index contributed by atoms with van der Waals surface area (Å²) in [5, 5.41) is 21.7. The van der Waals surface area contributed by atoms with Crippen LogP contribution in [-0.4, -0.2) is 88.6 Å². The Hall–Kier alpha value is -4.57. The van der Waals surface area contributed by atoms with Gasteiger partial charge in [-0.05, 0) is 80.1 Å². The maximum atomic E-state index is 13.8. The van der Waals surface area contributed by atoms with Crippen molar-refractivity contribution in [2.75, 3.05) is 19.6 Å². The van der Waals surface area contributed by atoms with Crippen LogP contribution in [0.4, 0.5) is 0 Å². The lowest BCUT2D eigenvalue weighted by Crippen LogP contribution is -2.59. The summed E-state index contributed by atoms with van der Waals surface area (Å²) < 4.78 is 31.4. The number of ether oxygens (including phenoxy) is 1. The molecule has 0 spiro atoms. The van der Waals surface area contributed by atoms with E-state index in [1.54, 1.807) is 42.7 Å². The van der Waals surface area contributed by atoms with Crippen molar-refractivity contribution in [3.63, 3.8) is 0 Å². The number of Topliss-reactive ketones (excluding diaryl/α,β-unsaturated/α-hetero) is 1. The number of hydrogen-bond acceptors (Lipinski definition) is 10. The average Bonchev–Trinajstić information content (AvgIpc) is 3.63. The van der Waals surface area contributed by atoms with Gasteiger partial charge in [-0.3, -0.25) is 29.7 Å². The van der Waals surface area contributed by atoms with Crippen LogP contribution >= 0.6 is 0 Å². The zero-order valence-corrected chi connectivity index (χ0v) is 27.9. The van der Waals surface area contributed by atoms with Crippen LogP contribution in [0.5, 0.6) is 11.5 Å². The highest BCUT2D eigenvalue weighted by Crippen LogP contribution is 2.37. The summed E-state index contributed by atoms with van der Waals surface area (Å²) in [5.74, 6) is -1.63. The number of sulfone groups is 1. The highest BCUT2D eigenvalue weighted by atomic mass is 32.2. The van der Waals surface area contributed by atoms with E-state index in [4.69, 9.17) is 10.5 Å². The molecule has 1 aromatic heterocycles. The van der Waals surface area contributed by atoms with E-state index in [1.165, 1.54) is 34.6 Å². The van der Waals surface area contributed by atoms with Crippen LogP contribution in [0.3, 0.4) is 0 Å². The van der Waals surface area contributed by atoms with Crippen LogP contribution < -0.4 is 21.3 Å². The van der Waals surface area contributed by atoms with Gasteiger partial charge in [-0.15, -0.1) is 0 Å². The fourth-order valence-electron chi connectivity index (χ4n) is 5.86. The molecule has 15 heteroatoms. The molecule has 3 aromatic rings. The van der Waals surface area contributed by atoms with Crippen molar-refractivity contribution in [2.24, 2.45) is 5.73 Å². The van der Waals surface area contributed by atoms with Gasteiger partial charge in [-0.25, -0.2) is 13.9 Å². The van der Waals surface area contributed by atoms with Crippen LogP contribution in [0, 0.1) is 0 Å². The van der Waals surface area contributed by atoms with E-state index in [-0.39, 0.29) is 61.9 Å². The highest BCUT2D eigenvalue weighted by Gasteiger charge is 2.53. The van der Waals surface area contributed by atoms with Crippen LogP contribution in [-0.2, 0) is 35.4 Å². The van der Waals surface area contributed by atoms with Gasteiger partial charge in [0, 0.05) is 31.9 Å². The first kappa shape index (κ1) is 37.3. The molecule has 2 atom stereocenters. The Labute approximate surface area is 284 Å². The number of hydrogen-bond donors (Lipinski definition) is 6. The molecule has 49 heavy (non-hydrogen) atoms. The number of unbranched alkanes of at least 4 members (excludes halogenated alkanes) is 2.